The van der Waals surface area contributed by atoms with E-state index in [1.165, 1.54) is 11.1 Å². The second kappa shape index (κ2) is 5.47. The number of hydrogen-bond acceptors (Lipinski definition) is 1. The zero-order chi connectivity index (χ0) is 11.2. The summed E-state index contributed by atoms with van der Waals surface area (Å²) in [6.07, 6.45) is 0. The van der Waals surface area contributed by atoms with Crippen LogP contribution in [0.3, 0.4) is 0 Å². The lowest BCUT2D eigenvalue weighted by Crippen LogP contribution is -2.14. The number of rotatable bonds is 4. The van der Waals surface area contributed by atoms with Crippen molar-refractivity contribution in [1.82, 2.24) is 4.90 Å². The first kappa shape index (κ1) is 10.9. The molecule has 0 saturated carbocycles. The van der Waals surface area contributed by atoms with Gasteiger partial charge in [0.25, 0.3) is 0 Å². The van der Waals surface area contributed by atoms with Crippen molar-refractivity contribution >= 4 is 0 Å². The van der Waals surface area contributed by atoms with Gasteiger partial charge in [0.2, 0.25) is 0 Å². The van der Waals surface area contributed by atoms with Crippen molar-refractivity contribution in [3.63, 3.8) is 0 Å². The van der Waals surface area contributed by atoms with E-state index in [0.717, 1.165) is 13.1 Å². The SMILES string of the molecule is [CH]N(Cc1ccccc1)Cc1ccccc1. The summed E-state index contributed by atoms with van der Waals surface area (Å²) in [6, 6.07) is 20.5. The quantitative estimate of drug-likeness (QED) is 0.698. The Hall–Kier alpha value is -1.60. The molecule has 0 heterocycles. The van der Waals surface area contributed by atoms with Gasteiger partial charge in [-0.15, -0.1) is 0 Å². The van der Waals surface area contributed by atoms with Gasteiger partial charge >= 0.3 is 0 Å². The maximum atomic E-state index is 5.97. The fourth-order valence-corrected chi connectivity index (χ4v) is 1.69. The van der Waals surface area contributed by atoms with Crippen molar-refractivity contribution < 1.29 is 0 Å². The summed E-state index contributed by atoms with van der Waals surface area (Å²) >= 11 is 0. The Morgan fingerprint density at radius 1 is 0.688 bits per heavy atom. The van der Waals surface area contributed by atoms with E-state index >= 15 is 0 Å². The van der Waals surface area contributed by atoms with Gasteiger partial charge in [0.1, 0.15) is 0 Å². The number of benzene rings is 2. The van der Waals surface area contributed by atoms with Crippen molar-refractivity contribution in [1.29, 1.82) is 0 Å². The summed E-state index contributed by atoms with van der Waals surface area (Å²) < 4.78 is 0. The van der Waals surface area contributed by atoms with E-state index in [1.54, 1.807) is 0 Å². The molecule has 0 bridgehead atoms. The Bertz CT molecular complexity index is 366. The van der Waals surface area contributed by atoms with Gasteiger partial charge in [-0.05, 0) is 11.1 Å². The van der Waals surface area contributed by atoms with Gasteiger partial charge < -0.3 is 0 Å². The summed E-state index contributed by atoms with van der Waals surface area (Å²) in [7, 11) is 5.97. The van der Waals surface area contributed by atoms with Gasteiger partial charge in [-0.3, -0.25) is 4.90 Å². The van der Waals surface area contributed by atoms with Gasteiger partial charge in [-0.1, -0.05) is 60.7 Å². The fraction of sp³-hybridized carbons (Fsp3) is 0.133. The van der Waals surface area contributed by atoms with Crippen LogP contribution >= 0.6 is 0 Å². The van der Waals surface area contributed by atoms with E-state index in [-0.39, 0.29) is 0 Å². The first-order valence-electron chi connectivity index (χ1n) is 5.42. The van der Waals surface area contributed by atoms with E-state index in [9.17, 15) is 0 Å². The zero-order valence-corrected chi connectivity index (χ0v) is 9.21. The molecule has 0 aliphatic carbocycles. The normalized spacial score (nSPS) is 10.6. The molecule has 0 N–H and O–H groups in total. The van der Waals surface area contributed by atoms with Crippen molar-refractivity contribution in [2.75, 3.05) is 0 Å². The second-order valence-corrected chi connectivity index (χ2v) is 3.88. The van der Waals surface area contributed by atoms with Crippen LogP contribution in [0.1, 0.15) is 11.1 Å². The molecular formula is C15H15N. The number of hydrogen-bond donors (Lipinski definition) is 0. The molecule has 2 rings (SSSR count). The third-order valence-corrected chi connectivity index (χ3v) is 2.46. The molecule has 0 atom stereocenters. The Morgan fingerprint density at radius 3 is 1.44 bits per heavy atom. The lowest BCUT2D eigenvalue weighted by atomic mass is 10.2. The average molecular weight is 209 g/mol. The van der Waals surface area contributed by atoms with Crippen LogP contribution in [0.25, 0.3) is 0 Å². The van der Waals surface area contributed by atoms with Crippen molar-refractivity contribution in [2.45, 2.75) is 13.1 Å². The molecule has 0 unspecified atom stereocenters. The number of nitrogens with zero attached hydrogens (tertiary/aromatic N) is 1. The predicted octanol–water partition coefficient (Wildman–Crippen LogP) is 3.36. The van der Waals surface area contributed by atoms with Gasteiger partial charge in [0.15, 0.2) is 0 Å². The Morgan fingerprint density at radius 2 is 1.06 bits per heavy atom. The van der Waals surface area contributed by atoms with Crippen molar-refractivity contribution in [3.8, 4) is 0 Å². The van der Waals surface area contributed by atoms with Gasteiger partial charge in [0, 0.05) is 20.1 Å². The molecular weight excluding hydrogens is 194 g/mol. The van der Waals surface area contributed by atoms with Crippen LogP contribution in [0.4, 0.5) is 0 Å². The monoisotopic (exact) mass is 209 g/mol. The molecule has 1 nitrogen and oxygen atoms in total. The summed E-state index contributed by atoms with van der Waals surface area (Å²) in [6.45, 7) is 1.55. The minimum atomic E-state index is 0.774. The third-order valence-electron chi connectivity index (χ3n) is 2.46. The minimum absolute atomic E-state index is 0.774. The summed E-state index contributed by atoms with van der Waals surface area (Å²) in [5.41, 5.74) is 2.47. The molecule has 0 fully saturated rings. The molecule has 80 valence electrons. The highest BCUT2D eigenvalue weighted by molar-refractivity contribution is 5.17. The Labute approximate surface area is 97.3 Å². The molecule has 0 aromatic heterocycles. The topological polar surface area (TPSA) is 3.24 Å². The van der Waals surface area contributed by atoms with Crippen LogP contribution in [0.5, 0.6) is 0 Å². The van der Waals surface area contributed by atoms with Gasteiger partial charge in [-0.2, -0.15) is 0 Å². The van der Waals surface area contributed by atoms with Crippen LogP contribution in [-0.4, -0.2) is 4.90 Å². The maximum Gasteiger partial charge on any atom is 0.0446 e. The fourth-order valence-electron chi connectivity index (χ4n) is 1.69. The Kier molecular flexibility index (Phi) is 3.73. The molecule has 0 aliphatic heterocycles. The molecule has 0 aliphatic rings. The van der Waals surface area contributed by atoms with E-state index in [4.69, 9.17) is 7.05 Å². The van der Waals surface area contributed by atoms with Crippen LogP contribution in [0, 0.1) is 7.05 Å². The second-order valence-electron chi connectivity index (χ2n) is 3.88. The van der Waals surface area contributed by atoms with Gasteiger partial charge in [0.05, 0.1) is 0 Å². The maximum absolute atomic E-state index is 5.97. The lowest BCUT2D eigenvalue weighted by Gasteiger charge is -2.15. The molecule has 0 spiro atoms. The first-order chi connectivity index (χ1) is 7.84. The molecule has 1 heteroatoms. The standard InChI is InChI=1S/C15H15N/c1-16(12-14-8-4-2-5-9-14)13-15-10-6-3-7-11-15/h1-11H,12-13H2. The molecule has 2 aromatic rings. The van der Waals surface area contributed by atoms with Crippen LogP contribution in [0.2, 0.25) is 0 Å². The van der Waals surface area contributed by atoms with Crippen LogP contribution in [-0.2, 0) is 13.1 Å². The highest BCUT2D eigenvalue weighted by Crippen LogP contribution is 2.08. The van der Waals surface area contributed by atoms with Crippen molar-refractivity contribution in [2.24, 2.45) is 0 Å². The molecule has 0 saturated heterocycles. The van der Waals surface area contributed by atoms with E-state index < -0.39 is 0 Å². The van der Waals surface area contributed by atoms with Crippen molar-refractivity contribution in [3.05, 3.63) is 78.8 Å². The highest BCUT2D eigenvalue weighted by atomic mass is 15.1. The van der Waals surface area contributed by atoms with E-state index in [1.807, 2.05) is 41.3 Å². The third kappa shape index (κ3) is 3.21. The summed E-state index contributed by atoms with van der Waals surface area (Å²) in [5.74, 6) is 0. The molecule has 2 radical (unpaired) electrons. The van der Waals surface area contributed by atoms with Gasteiger partial charge in [-0.25, -0.2) is 0 Å². The molecule has 2 aromatic carbocycles. The molecule has 0 amide bonds. The first-order valence-corrected chi connectivity index (χ1v) is 5.42. The van der Waals surface area contributed by atoms with E-state index in [0.29, 0.717) is 0 Å². The minimum Gasteiger partial charge on any atom is -0.289 e. The summed E-state index contributed by atoms with van der Waals surface area (Å²) in [4.78, 5) is 1.82. The Balaban J connectivity index is 1.92. The van der Waals surface area contributed by atoms with Crippen LogP contribution in [0.15, 0.2) is 60.7 Å². The zero-order valence-electron chi connectivity index (χ0n) is 9.21. The highest BCUT2D eigenvalue weighted by Gasteiger charge is 2.00. The molecule has 16 heavy (non-hydrogen) atoms. The smallest absolute Gasteiger partial charge is 0.0446 e. The van der Waals surface area contributed by atoms with Crippen LogP contribution < -0.4 is 0 Å². The largest absolute Gasteiger partial charge is 0.289 e. The van der Waals surface area contributed by atoms with E-state index in [2.05, 4.69) is 24.3 Å². The lowest BCUT2D eigenvalue weighted by molar-refractivity contribution is 0.356. The predicted molar refractivity (Wildman–Crippen MR) is 66.4 cm³/mol. The average Bonchev–Trinajstić information content (AvgIpc) is 2.31. The summed E-state index contributed by atoms with van der Waals surface area (Å²) in [5, 5.41) is 0.